The first kappa shape index (κ1) is 12.8. The number of oxazole rings is 1. The van der Waals surface area contributed by atoms with E-state index < -0.39 is 5.82 Å². The van der Waals surface area contributed by atoms with Gasteiger partial charge in [0, 0.05) is 5.56 Å². The van der Waals surface area contributed by atoms with Gasteiger partial charge in [0.25, 0.3) is 5.91 Å². The van der Waals surface area contributed by atoms with Crippen molar-refractivity contribution in [3.8, 4) is 11.5 Å². The van der Waals surface area contributed by atoms with E-state index >= 15 is 0 Å². The van der Waals surface area contributed by atoms with E-state index in [2.05, 4.69) is 4.98 Å². The molecule has 2 aromatic carbocycles. The van der Waals surface area contributed by atoms with Gasteiger partial charge in [-0.15, -0.1) is 0 Å². The molecule has 0 saturated heterocycles. The molecular formula is C17H11FN2O2. The van der Waals surface area contributed by atoms with Gasteiger partial charge < -0.3 is 9.32 Å². The zero-order valence-corrected chi connectivity index (χ0v) is 11.5. The standard InChI is InChI=1S/C17H11FN2O2/c18-12-5-6-15(14(9-12)16-19-7-8-22-16)20-10-11-3-1-2-4-13(11)17(20)21/h1-9H,10H2. The summed E-state index contributed by atoms with van der Waals surface area (Å²) in [7, 11) is 0. The molecule has 22 heavy (non-hydrogen) atoms. The molecule has 108 valence electrons. The van der Waals surface area contributed by atoms with E-state index in [9.17, 15) is 9.18 Å². The van der Waals surface area contributed by atoms with Crippen LogP contribution in [0.1, 0.15) is 15.9 Å². The zero-order valence-electron chi connectivity index (χ0n) is 11.5. The average molecular weight is 294 g/mol. The molecule has 4 rings (SSSR count). The van der Waals surface area contributed by atoms with Crippen LogP contribution in [0.5, 0.6) is 0 Å². The highest BCUT2D eigenvalue weighted by molar-refractivity contribution is 6.11. The number of fused-ring (bicyclic) bond motifs is 1. The number of hydrogen-bond donors (Lipinski definition) is 0. The normalized spacial score (nSPS) is 13.5. The van der Waals surface area contributed by atoms with Gasteiger partial charge in [-0.25, -0.2) is 9.37 Å². The summed E-state index contributed by atoms with van der Waals surface area (Å²) in [6.07, 6.45) is 2.91. The van der Waals surface area contributed by atoms with Gasteiger partial charge in [-0.05, 0) is 29.8 Å². The van der Waals surface area contributed by atoms with Gasteiger partial charge in [0.1, 0.15) is 12.1 Å². The van der Waals surface area contributed by atoms with Crippen molar-refractivity contribution >= 4 is 11.6 Å². The van der Waals surface area contributed by atoms with Crippen molar-refractivity contribution < 1.29 is 13.6 Å². The third kappa shape index (κ3) is 1.90. The minimum Gasteiger partial charge on any atom is -0.444 e. The highest BCUT2D eigenvalue weighted by Crippen LogP contribution is 2.35. The van der Waals surface area contributed by atoms with Gasteiger partial charge in [-0.3, -0.25) is 4.79 Å². The minimum absolute atomic E-state index is 0.102. The summed E-state index contributed by atoms with van der Waals surface area (Å²) in [5, 5.41) is 0. The van der Waals surface area contributed by atoms with Crippen LogP contribution in [-0.2, 0) is 6.54 Å². The van der Waals surface area contributed by atoms with Crippen LogP contribution in [0.2, 0.25) is 0 Å². The Labute approximate surface area is 125 Å². The molecule has 1 aliphatic rings. The van der Waals surface area contributed by atoms with Gasteiger partial charge in [-0.2, -0.15) is 0 Å². The highest BCUT2D eigenvalue weighted by atomic mass is 19.1. The summed E-state index contributed by atoms with van der Waals surface area (Å²) in [6.45, 7) is 0.453. The summed E-state index contributed by atoms with van der Waals surface area (Å²) in [5.74, 6) is -0.214. The van der Waals surface area contributed by atoms with Crippen molar-refractivity contribution in [1.29, 1.82) is 0 Å². The Morgan fingerprint density at radius 1 is 1.14 bits per heavy atom. The Bertz CT molecular complexity index is 859. The molecule has 3 aromatic rings. The van der Waals surface area contributed by atoms with Crippen LogP contribution >= 0.6 is 0 Å². The zero-order chi connectivity index (χ0) is 15.1. The van der Waals surface area contributed by atoms with Crippen LogP contribution in [0, 0.1) is 5.82 Å². The summed E-state index contributed by atoms with van der Waals surface area (Å²) < 4.78 is 18.9. The molecule has 1 aromatic heterocycles. The second-order valence-electron chi connectivity index (χ2n) is 5.05. The van der Waals surface area contributed by atoms with Crippen LogP contribution < -0.4 is 4.90 Å². The average Bonchev–Trinajstić information content (AvgIpc) is 3.16. The van der Waals surface area contributed by atoms with Gasteiger partial charge >= 0.3 is 0 Å². The van der Waals surface area contributed by atoms with E-state index in [1.807, 2.05) is 18.2 Å². The molecule has 1 amide bonds. The number of rotatable bonds is 2. The fraction of sp³-hybridized carbons (Fsp3) is 0.0588. The fourth-order valence-corrected chi connectivity index (χ4v) is 2.72. The third-order valence-corrected chi connectivity index (χ3v) is 3.73. The first-order valence-corrected chi connectivity index (χ1v) is 6.83. The molecule has 0 spiro atoms. The van der Waals surface area contributed by atoms with E-state index in [0.29, 0.717) is 29.2 Å². The van der Waals surface area contributed by atoms with Gasteiger partial charge in [0.15, 0.2) is 0 Å². The van der Waals surface area contributed by atoms with E-state index in [1.165, 1.54) is 24.6 Å². The van der Waals surface area contributed by atoms with Gasteiger partial charge in [-0.1, -0.05) is 18.2 Å². The number of carbonyl (C=O) groups is 1. The molecule has 0 saturated carbocycles. The Hall–Kier alpha value is -2.95. The summed E-state index contributed by atoms with van der Waals surface area (Å²) in [5.41, 5.74) is 2.68. The van der Waals surface area contributed by atoms with Crippen molar-refractivity contribution in [2.45, 2.75) is 6.54 Å². The summed E-state index contributed by atoms with van der Waals surface area (Å²) >= 11 is 0. The van der Waals surface area contributed by atoms with Gasteiger partial charge in [0.2, 0.25) is 5.89 Å². The van der Waals surface area contributed by atoms with E-state index in [4.69, 9.17) is 4.42 Å². The lowest BCUT2D eigenvalue weighted by atomic mass is 10.1. The quantitative estimate of drug-likeness (QED) is 0.725. The molecule has 4 nitrogen and oxygen atoms in total. The maximum Gasteiger partial charge on any atom is 0.258 e. The molecule has 0 bridgehead atoms. The van der Waals surface area contributed by atoms with Crippen molar-refractivity contribution in [2.24, 2.45) is 0 Å². The molecular weight excluding hydrogens is 283 g/mol. The molecule has 0 unspecified atom stereocenters. The van der Waals surface area contributed by atoms with E-state index in [-0.39, 0.29) is 5.91 Å². The minimum atomic E-state index is -0.402. The Morgan fingerprint density at radius 2 is 2.00 bits per heavy atom. The number of amides is 1. The molecule has 0 aliphatic carbocycles. The number of carbonyl (C=O) groups excluding carboxylic acids is 1. The van der Waals surface area contributed by atoms with Crippen LogP contribution in [0.15, 0.2) is 59.3 Å². The molecule has 1 aliphatic heterocycles. The second kappa shape index (κ2) is 4.80. The molecule has 2 heterocycles. The lowest BCUT2D eigenvalue weighted by molar-refractivity contribution is 0.0996. The Balaban J connectivity index is 1.84. The second-order valence-corrected chi connectivity index (χ2v) is 5.05. The maximum absolute atomic E-state index is 13.6. The predicted octanol–water partition coefficient (Wildman–Crippen LogP) is 3.64. The first-order valence-electron chi connectivity index (χ1n) is 6.83. The number of aromatic nitrogens is 1. The largest absolute Gasteiger partial charge is 0.444 e. The highest BCUT2D eigenvalue weighted by Gasteiger charge is 2.30. The molecule has 0 atom stereocenters. The number of hydrogen-bond acceptors (Lipinski definition) is 3. The number of benzene rings is 2. The summed E-state index contributed by atoms with van der Waals surface area (Å²) in [4.78, 5) is 18.3. The number of halogens is 1. The number of nitrogens with zero attached hydrogens (tertiary/aromatic N) is 2. The topological polar surface area (TPSA) is 46.3 Å². The van der Waals surface area contributed by atoms with Gasteiger partial charge in [0.05, 0.1) is 24.0 Å². The van der Waals surface area contributed by atoms with E-state index in [0.717, 1.165) is 5.56 Å². The molecule has 5 heteroatoms. The van der Waals surface area contributed by atoms with Crippen LogP contribution in [-0.4, -0.2) is 10.9 Å². The predicted molar refractivity (Wildman–Crippen MR) is 78.9 cm³/mol. The third-order valence-electron chi connectivity index (χ3n) is 3.73. The van der Waals surface area contributed by atoms with Crippen molar-refractivity contribution in [1.82, 2.24) is 4.98 Å². The van der Waals surface area contributed by atoms with Crippen molar-refractivity contribution in [3.63, 3.8) is 0 Å². The number of anilines is 1. The monoisotopic (exact) mass is 294 g/mol. The lowest BCUT2D eigenvalue weighted by Crippen LogP contribution is -2.23. The maximum atomic E-state index is 13.6. The smallest absolute Gasteiger partial charge is 0.258 e. The van der Waals surface area contributed by atoms with E-state index in [1.54, 1.807) is 17.0 Å². The van der Waals surface area contributed by atoms with Crippen LogP contribution in [0.4, 0.5) is 10.1 Å². The van der Waals surface area contributed by atoms with Crippen LogP contribution in [0.3, 0.4) is 0 Å². The SMILES string of the molecule is O=C1c2ccccc2CN1c1ccc(F)cc1-c1ncco1. The molecule has 0 N–H and O–H groups in total. The Morgan fingerprint density at radius 3 is 2.77 bits per heavy atom. The van der Waals surface area contributed by atoms with Crippen LogP contribution in [0.25, 0.3) is 11.5 Å². The van der Waals surface area contributed by atoms with Crippen molar-refractivity contribution in [2.75, 3.05) is 4.90 Å². The summed E-state index contributed by atoms with van der Waals surface area (Å²) in [6, 6.07) is 11.7. The lowest BCUT2D eigenvalue weighted by Gasteiger charge is -2.18. The molecule has 0 fully saturated rings. The molecule has 0 radical (unpaired) electrons. The van der Waals surface area contributed by atoms with Crippen molar-refractivity contribution in [3.05, 3.63) is 71.9 Å². The first-order chi connectivity index (χ1) is 10.7. The Kier molecular flexibility index (Phi) is 2.79. The fourth-order valence-electron chi connectivity index (χ4n) is 2.72.